The lowest BCUT2D eigenvalue weighted by Crippen LogP contribution is -2.41. The molecule has 1 heterocycles. The number of hydrogen-bond donors (Lipinski definition) is 2. The van der Waals surface area contributed by atoms with Gasteiger partial charge in [0.25, 0.3) is 0 Å². The third kappa shape index (κ3) is 3.28. The van der Waals surface area contributed by atoms with E-state index in [0.29, 0.717) is 6.42 Å². The third-order valence-electron chi connectivity index (χ3n) is 2.14. The number of nitrogens with zero attached hydrogens (tertiary/aromatic N) is 1. The number of amides is 1. The molecule has 0 radical (unpaired) electrons. The molecule has 0 aromatic carbocycles. The molecule has 1 aromatic heterocycles. The Morgan fingerprint density at radius 1 is 1.73 bits per heavy atom. The molecule has 1 unspecified atom stereocenters. The van der Waals surface area contributed by atoms with Crippen molar-refractivity contribution >= 4 is 17.2 Å². The molecule has 0 aliphatic heterocycles. The van der Waals surface area contributed by atoms with Gasteiger partial charge in [-0.1, -0.05) is 6.92 Å². The van der Waals surface area contributed by atoms with Gasteiger partial charge in [0.2, 0.25) is 5.91 Å². The summed E-state index contributed by atoms with van der Waals surface area (Å²) in [4.78, 5) is 16.9. The number of hydrogen-bond acceptors (Lipinski definition) is 4. The number of aromatic nitrogens is 1. The van der Waals surface area contributed by atoms with Gasteiger partial charge >= 0.3 is 0 Å². The van der Waals surface area contributed by atoms with Gasteiger partial charge in [-0.15, -0.1) is 11.3 Å². The summed E-state index contributed by atoms with van der Waals surface area (Å²) >= 11 is 1.59. The molecule has 4 nitrogen and oxygen atoms in total. The lowest BCUT2D eigenvalue weighted by molar-refractivity contribution is -0.123. The van der Waals surface area contributed by atoms with Gasteiger partial charge in [0.05, 0.1) is 12.1 Å². The number of nitrogens with two attached hydrogens (primary N) is 1. The smallest absolute Gasteiger partial charge is 0.237 e. The number of aryl methyl sites for hydroxylation is 1. The lowest BCUT2D eigenvalue weighted by Gasteiger charge is -2.14. The second-order valence-electron chi connectivity index (χ2n) is 3.55. The van der Waals surface area contributed by atoms with E-state index >= 15 is 0 Å². The van der Waals surface area contributed by atoms with Crippen molar-refractivity contribution in [2.24, 2.45) is 5.73 Å². The average molecular weight is 227 g/mol. The number of carbonyl (C=O) groups excluding carboxylic acids is 1. The molecule has 0 spiro atoms. The molecule has 0 bridgehead atoms. The summed E-state index contributed by atoms with van der Waals surface area (Å²) in [6.07, 6.45) is 2.46. The van der Waals surface area contributed by atoms with Gasteiger partial charge in [-0.2, -0.15) is 0 Å². The highest BCUT2D eigenvalue weighted by Gasteiger charge is 2.16. The second-order valence-corrected chi connectivity index (χ2v) is 4.82. The topological polar surface area (TPSA) is 68.0 Å². The van der Waals surface area contributed by atoms with Crippen molar-refractivity contribution in [3.8, 4) is 0 Å². The van der Waals surface area contributed by atoms with Crippen LogP contribution in [0.3, 0.4) is 0 Å². The van der Waals surface area contributed by atoms with Crippen LogP contribution in [0.25, 0.3) is 0 Å². The highest BCUT2D eigenvalue weighted by atomic mass is 32.1. The Balaban J connectivity index is 2.56. The SMILES string of the molecule is CC[C@@H](N)C(=O)NC(C)c1ncc(C)s1. The van der Waals surface area contributed by atoms with Crippen LogP contribution in [0.5, 0.6) is 0 Å². The number of thiazole rings is 1. The molecule has 0 fully saturated rings. The van der Waals surface area contributed by atoms with Crippen LogP contribution in [0, 0.1) is 6.92 Å². The molecule has 1 aromatic rings. The Hall–Kier alpha value is -0.940. The molecule has 1 rings (SSSR count). The van der Waals surface area contributed by atoms with Crippen LogP contribution in [-0.2, 0) is 4.79 Å². The average Bonchev–Trinajstić information content (AvgIpc) is 2.63. The number of carbonyl (C=O) groups is 1. The third-order valence-corrected chi connectivity index (χ3v) is 3.24. The predicted molar refractivity (Wildman–Crippen MR) is 61.7 cm³/mol. The van der Waals surface area contributed by atoms with Crippen LogP contribution >= 0.6 is 11.3 Å². The first kappa shape index (κ1) is 12.1. The lowest BCUT2D eigenvalue weighted by atomic mass is 10.2. The minimum atomic E-state index is -0.423. The van der Waals surface area contributed by atoms with Crippen LogP contribution in [0.15, 0.2) is 6.20 Å². The van der Waals surface area contributed by atoms with Crippen LogP contribution in [0.4, 0.5) is 0 Å². The van der Waals surface area contributed by atoms with Crippen molar-refractivity contribution in [3.05, 3.63) is 16.1 Å². The van der Waals surface area contributed by atoms with Gasteiger partial charge in [-0.05, 0) is 20.3 Å². The molecule has 0 aliphatic rings. The van der Waals surface area contributed by atoms with Crippen molar-refractivity contribution in [2.45, 2.75) is 39.3 Å². The fourth-order valence-corrected chi connectivity index (χ4v) is 1.92. The molecule has 3 N–H and O–H groups in total. The van der Waals surface area contributed by atoms with E-state index in [9.17, 15) is 4.79 Å². The Bertz CT molecular complexity index is 337. The summed E-state index contributed by atoms with van der Waals surface area (Å²) in [5, 5.41) is 3.76. The van der Waals surface area contributed by atoms with E-state index in [-0.39, 0.29) is 11.9 Å². The highest BCUT2D eigenvalue weighted by Crippen LogP contribution is 2.18. The molecule has 0 saturated heterocycles. The fourth-order valence-electron chi connectivity index (χ4n) is 1.14. The molecule has 1 amide bonds. The van der Waals surface area contributed by atoms with E-state index in [1.807, 2.05) is 27.0 Å². The molecular weight excluding hydrogens is 210 g/mol. The first-order valence-electron chi connectivity index (χ1n) is 5.02. The van der Waals surface area contributed by atoms with Gasteiger partial charge in [-0.3, -0.25) is 4.79 Å². The van der Waals surface area contributed by atoms with Gasteiger partial charge < -0.3 is 11.1 Å². The summed E-state index contributed by atoms with van der Waals surface area (Å²) in [6.45, 7) is 5.80. The summed E-state index contributed by atoms with van der Waals surface area (Å²) in [7, 11) is 0. The molecule has 0 aliphatic carbocycles. The quantitative estimate of drug-likeness (QED) is 0.816. The van der Waals surface area contributed by atoms with Crippen LogP contribution in [0.2, 0.25) is 0 Å². The number of rotatable bonds is 4. The minimum absolute atomic E-state index is 0.0613. The van der Waals surface area contributed by atoms with E-state index in [2.05, 4.69) is 10.3 Å². The van der Waals surface area contributed by atoms with Crippen LogP contribution in [-0.4, -0.2) is 16.9 Å². The fraction of sp³-hybridized carbons (Fsp3) is 0.600. The van der Waals surface area contributed by atoms with E-state index in [0.717, 1.165) is 9.88 Å². The maximum atomic E-state index is 11.5. The van der Waals surface area contributed by atoms with E-state index < -0.39 is 6.04 Å². The van der Waals surface area contributed by atoms with E-state index in [1.54, 1.807) is 11.3 Å². The van der Waals surface area contributed by atoms with Crippen molar-refractivity contribution in [2.75, 3.05) is 0 Å². The Labute approximate surface area is 93.9 Å². The molecular formula is C10H17N3OS. The summed E-state index contributed by atoms with van der Waals surface area (Å²) in [5.74, 6) is -0.113. The monoisotopic (exact) mass is 227 g/mol. The first-order chi connectivity index (χ1) is 7.04. The normalized spacial score (nSPS) is 14.7. The molecule has 5 heteroatoms. The van der Waals surface area contributed by atoms with Crippen molar-refractivity contribution in [1.82, 2.24) is 10.3 Å². The predicted octanol–water partition coefficient (Wildman–Crippen LogP) is 1.37. The molecule has 0 saturated carbocycles. The number of nitrogens with one attached hydrogen (secondary N) is 1. The van der Waals surface area contributed by atoms with Crippen molar-refractivity contribution in [3.63, 3.8) is 0 Å². The summed E-state index contributed by atoms with van der Waals surface area (Å²) in [5.41, 5.74) is 5.62. The van der Waals surface area contributed by atoms with Crippen LogP contribution < -0.4 is 11.1 Å². The zero-order chi connectivity index (χ0) is 11.4. The molecule has 15 heavy (non-hydrogen) atoms. The minimum Gasteiger partial charge on any atom is -0.346 e. The standard InChI is InChI=1S/C10H17N3OS/c1-4-8(11)9(14)13-7(3)10-12-5-6(2)15-10/h5,7-8H,4,11H2,1-3H3,(H,13,14)/t7?,8-/m1/s1. The Morgan fingerprint density at radius 3 is 2.87 bits per heavy atom. The molecule has 84 valence electrons. The van der Waals surface area contributed by atoms with Gasteiger partial charge in [0.15, 0.2) is 0 Å². The van der Waals surface area contributed by atoms with Gasteiger partial charge in [0.1, 0.15) is 5.01 Å². The van der Waals surface area contributed by atoms with E-state index in [1.165, 1.54) is 0 Å². The Kier molecular flexibility index (Phi) is 4.23. The Morgan fingerprint density at radius 2 is 2.40 bits per heavy atom. The van der Waals surface area contributed by atoms with E-state index in [4.69, 9.17) is 5.73 Å². The zero-order valence-electron chi connectivity index (χ0n) is 9.28. The van der Waals surface area contributed by atoms with Gasteiger partial charge in [-0.25, -0.2) is 4.98 Å². The van der Waals surface area contributed by atoms with Crippen molar-refractivity contribution < 1.29 is 4.79 Å². The summed E-state index contributed by atoms with van der Waals surface area (Å²) in [6, 6.07) is -0.484. The first-order valence-corrected chi connectivity index (χ1v) is 5.84. The second kappa shape index (κ2) is 5.23. The highest BCUT2D eigenvalue weighted by molar-refractivity contribution is 7.11. The zero-order valence-corrected chi connectivity index (χ0v) is 10.1. The van der Waals surface area contributed by atoms with Gasteiger partial charge in [0, 0.05) is 11.1 Å². The maximum absolute atomic E-state index is 11.5. The van der Waals surface area contributed by atoms with Crippen LogP contribution in [0.1, 0.15) is 36.2 Å². The van der Waals surface area contributed by atoms with Crippen molar-refractivity contribution in [1.29, 1.82) is 0 Å². The maximum Gasteiger partial charge on any atom is 0.237 e. The largest absolute Gasteiger partial charge is 0.346 e. The summed E-state index contributed by atoms with van der Waals surface area (Å²) < 4.78 is 0. The molecule has 2 atom stereocenters.